The van der Waals surface area contributed by atoms with Gasteiger partial charge in [0.2, 0.25) is 0 Å². The molecule has 0 spiro atoms. The third-order valence-corrected chi connectivity index (χ3v) is 4.35. The first-order valence-electron chi connectivity index (χ1n) is 6.43. The van der Waals surface area contributed by atoms with Gasteiger partial charge < -0.3 is 0 Å². The van der Waals surface area contributed by atoms with Crippen molar-refractivity contribution in [3.63, 3.8) is 0 Å². The van der Waals surface area contributed by atoms with Crippen molar-refractivity contribution in [3.8, 4) is 0 Å². The molecule has 16 heavy (non-hydrogen) atoms. The first-order chi connectivity index (χ1) is 7.62. The third-order valence-electron chi connectivity index (χ3n) is 3.61. The molecule has 0 radical (unpaired) electrons. The van der Waals surface area contributed by atoms with Crippen molar-refractivity contribution in [2.24, 2.45) is 0 Å². The van der Waals surface area contributed by atoms with Gasteiger partial charge in [-0.3, -0.25) is 0 Å². The fraction of sp³-hybridized carbons (Fsp3) is 0.600. The second-order valence-electron chi connectivity index (χ2n) is 4.32. The molecular formula is C15H23Cl. The summed E-state index contributed by atoms with van der Waals surface area (Å²) in [5, 5.41) is 0. The van der Waals surface area contributed by atoms with Gasteiger partial charge in [0, 0.05) is 0 Å². The lowest BCUT2D eigenvalue weighted by atomic mass is 9.85. The Morgan fingerprint density at radius 1 is 1.00 bits per heavy atom. The number of hydrogen-bond acceptors (Lipinski definition) is 0. The molecule has 0 saturated heterocycles. The van der Waals surface area contributed by atoms with Gasteiger partial charge in [0.25, 0.3) is 0 Å². The van der Waals surface area contributed by atoms with Crippen molar-refractivity contribution in [1.82, 2.24) is 0 Å². The standard InChI is InChI=1S/C15H23Cl/c1-5-12-10-9-11-14(13(12)6-2)15(16,7-3)8-4/h9-11H,5-8H2,1-4H3. The lowest BCUT2D eigenvalue weighted by Gasteiger charge is -2.28. The minimum Gasteiger partial charge on any atom is -0.114 e. The minimum atomic E-state index is -0.170. The molecule has 0 heterocycles. The molecule has 0 N–H and O–H groups in total. The van der Waals surface area contributed by atoms with Crippen molar-refractivity contribution in [2.45, 2.75) is 58.3 Å². The largest absolute Gasteiger partial charge is 0.114 e. The normalized spacial score (nSPS) is 11.8. The molecule has 0 aromatic heterocycles. The minimum absolute atomic E-state index is 0.170. The quantitative estimate of drug-likeness (QED) is 0.629. The average molecular weight is 239 g/mol. The van der Waals surface area contributed by atoms with Gasteiger partial charge in [-0.2, -0.15) is 0 Å². The van der Waals surface area contributed by atoms with Gasteiger partial charge >= 0.3 is 0 Å². The van der Waals surface area contributed by atoms with Gasteiger partial charge in [-0.25, -0.2) is 0 Å². The maximum absolute atomic E-state index is 6.75. The van der Waals surface area contributed by atoms with E-state index in [2.05, 4.69) is 45.9 Å². The number of hydrogen-bond donors (Lipinski definition) is 0. The van der Waals surface area contributed by atoms with Crippen molar-refractivity contribution in [1.29, 1.82) is 0 Å². The van der Waals surface area contributed by atoms with Gasteiger partial charge in [-0.1, -0.05) is 45.9 Å². The summed E-state index contributed by atoms with van der Waals surface area (Å²) in [5.74, 6) is 0. The monoisotopic (exact) mass is 238 g/mol. The van der Waals surface area contributed by atoms with Crippen molar-refractivity contribution >= 4 is 11.6 Å². The van der Waals surface area contributed by atoms with Crippen LogP contribution in [-0.2, 0) is 17.7 Å². The number of rotatable bonds is 5. The van der Waals surface area contributed by atoms with E-state index in [1.165, 1.54) is 16.7 Å². The van der Waals surface area contributed by atoms with Crippen molar-refractivity contribution in [2.75, 3.05) is 0 Å². The SMILES string of the molecule is CCc1cccc(C(Cl)(CC)CC)c1CC. The molecule has 1 aromatic rings. The molecule has 1 rings (SSSR count). The topological polar surface area (TPSA) is 0 Å². The lowest BCUT2D eigenvalue weighted by molar-refractivity contribution is 0.560. The Morgan fingerprint density at radius 3 is 2.06 bits per heavy atom. The highest BCUT2D eigenvalue weighted by atomic mass is 35.5. The summed E-state index contributed by atoms with van der Waals surface area (Å²) >= 11 is 6.75. The maximum Gasteiger partial charge on any atom is 0.0692 e. The molecule has 0 aliphatic rings. The van der Waals surface area contributed by atoms with Crippen LogP contribution in [-0.4, -0.2) is 0 Å². The molecular weight excluding hydrogens is 216 g/mol. The van der Waals surface area contributed by atoms with Crippen LogP contribution in [0.2, 0.25) is 0 Å². The van der Waals surface area contributed by atoms with E-state index in [0.717, 1.165) is 25.7 Å². The predicted molar refractivity (Wildman–Crippen MR) is 73.3 cm³/mol. The molecule has 0 bridgehead atoms. The van der Waals surface area contributed by atoms with Gasteiger partial charge in [0.05, 0.1) is 4.87 Å². The van der Waals surface area contributed by atoms with Crippen LogP contribution in [0.5, 0.6) is 0 Å². The summed E-state index contributed by atoms with van der Waals surface area (Å²) in [6.07, 6.45) is 4.15. The van der Waals surface area contributed by atoms with Gasteiger partial charge in [-0.15, -0.1) is 11.6 Å². The highest BCUT2D eigenvalue weighted by Crippen LogP contribution is 2.39. The Labute approximate surface area is 105 Å². The summed E-state index contributed by atoms with van der Waals surface area (Å²) < 4.78 is 0. The van der Waals surface area contributed by atoms with Crippen LogP contribution in [0.25, 0.3) is 0 Å². The fourth-order valence-corrected chi connectivity index (χ4v) is 2.61. The van der Waals surface area contributed by atoms with Crippen LogP contribution in [0, 0.1) is 0 Å². The molecule has 1 heteroatoms. The summed E-state index contributed by atoms with van der Waals surface area (Å²) in [7, 11) is 0. The van der Waals surface area contributed by atoms with E-state index in [-0.39, 0.29) is 4.87 Å². The van der Waals surface area contributed by atoms with Crippen LogP contribution in [0.4, 0.5) is 0 Å². The summed E-state index contributed by atoms with van der Waals surface area (Å²) in [6.45, 7) is 8.79. The Kier molecular flexibility index (Phi) is 4.86. The number of benzene rings is 1. The zero-order valence-electron chi connectivity index (χ0n) is 10.9. The summed E-state index contributed by atoms with van der Waals surface area (Å²) in [4.78, 5) is -0.170. The molecule has 90 valence electrons. The molecule has 0 aliphatic carbocycles. The zero-order valence-corrected chi connectivity index (χ0v) is 11.7. The number of halogens is 1. The molecule has 1 aromatic carbocycles. The van der Waals surface area contributed by atoms with E-state index in [1.807, 2.05) is 0 Å². The average Bonchev–Trinajstić information content (AvgIpc) is 2.36. The van der Waals surface area contributed by atoms with E-state index in [4.69, 9.17) is 11.6 Å². The van der Waals surface area contributed by atoms with Crippen LogP contribution in [0.15, 0.2) is 18.2 Å². The van der Waals surface area contributed by atoms with Crippen LogP contribution >= 0.6 is 11.6 Å². The van der Waals surface area contributed by atoms with Crippen molar-refractivity contribution < 1.29 is 0 Å². The van der Waals surface area contributed by atoms with E-state index in [9.17, 15) is 0 Å². The highest BCUT2D eigenvalue weighted by molar-refractivity contribution is 6.24. The number of aryl methyl sites for hydroxylation is 1. The van der Waals surface area contributed by atoms with E-state index >= 15 is 0 Å². The van der Waals surface area contributed by atoms with Gasteiger partial charge in [0.15, 0.2) is 0 Å². The Morgan fingerprint density at radius 2 is 1.62 bits per heavy atom. The molecule has 0 aliphatic heterocycles. The smallest absolute Gasteiger partial charge is 0.0692 e. The molecule has 0 nitrogen and oxygen atoms in total. The van der Waals surface area contributed by atoms with Gasteiger partial charge in [0.1, 0.15) is 0 Å². The second-order valence-corrected chi connectivity index (χ2v) is 5.05. The van der Waals surface area contributed by atoms with Crippen molar-refractivity contribution in [3.05, 3.63) is 34.9 Å². The molecule has 0 fully saturated rings. The lowest BCUT2D eigenvalue weighted by Crippen LogP contribution is -2.19. The zero-order chi connectivity index (χ0) is 12.2. The molecule has 0 unspecified atom stereocenters. The van der Waals surface area contributed by atoms with Crippen LogP contribution < -0.4 is 0 Å². The van der Waals surface area contributed by atoms with Crippen LogP contribution in [0.3, 0.4) is 0 Å². The maximum atomic E-state index is 6.75. The third kappa shape index (κ3) is 2.43. The Hall–Kier alpha value is -0.490. The second kappa shape index (κ2) is 5.72. The Bertz CT molecular complexity index is 337. The first kappa shape index (κ1) is 13.6. The van der Waals surface area contributed by atoms with Gasteiger partial charge in [-0.05, 0) is 42.4 Å². The van der Waals surface area contributed by atoms with E-state index in [0.29, 0.717) is 0 Å². The fourth-order valence-electron chi connectivity index (χ4n) is 2.43. The summed E-state index contributed by atoms with van der Waals surface area (Å²) in [6, 6.07) is 6.58. The first-order valence-corrected chi connectivity index (χ1v) is 6.80. The highest BCUT2D eigenvalue weighted by Gasteiger charge is 2.27. The molecule has 0 saturated carbocycles. The Balaban J connectivity index is 3.32. The molecule has 0 atom stereocenters. The number of alkyl halides is 1. The summed E-state index contributed by atoms with van der Waals surface area (Å²) in [5.41, 5.74) is 4.26. The molecule has 0 amide bonds. The van der Waals surface area contributed by atoms with Crippen LogP contribution in [0.1, 0.15) is 57.2 Å². The van der Waals surface area contributed by atoms with E-state index < -0.39 is 0 Å². The van der Waals surface area contributed by atoms with E-state index in [1.54, 1.807) is 0 Å². The predicted octanol–water partition coefficient (Wildman–Crippen LogP) is 5.07.